The molecule has 23 heavy (non-hydrogen) atoms. The summed E-state index contributed by atoms with van der Waals surface area (Å²) in [4.78, 5) is 17.0. The normalized spacial score (nSPS) is 17.3. The van der Waals surface area contributed by atoms with E-state index < -0.39 is 0 Å². The van der Waals surface area contributed by atoms with Crippen LogP contribution < -0.4 is 10.6 Å². The molecule has 0 radical (unpaired) electrons. The molecule has 1 atom stereocenters. The molecule has 0 aromatic heterocycles. The maximum Gasteiger partial charge on any atom is 0.240 e. The van der Waals surface area contributed by atoms with Gasteiger partial charge in [-0.05, 0) is 57.5 Å². The Morgan fingerprint density at radius 1 is 1.48 bits per heavy atom. The summed E-state index contributed by atoms with van der Waals surface area (Å²) in [5, 5.41) is 6.41. The fourth-order valence-electron chi connectivity index (χ4n) is 3.15. The third-order valence-corrected chi connectivity index (χ3v) is 4.70. The summed E-state index contributed by atoms with van der Waals surface area (Å²) < 4.78 is 1.96. The standard InChI is InChI=1S/C18H26N4O/c1-3-13(2)20-17(23)12-22-10-4-5-15-11-16(21-18(15)22)14-6-8-19-9-7-14/h4-5,10-11,13-14,19H,3,6-9,12H2,1-2H3,(H,20,23). The number of aromatic nitrogens is 2. The van der Waals surface area contributed by atoms with Gasteiger partial charge in [0, 0.05) is 29.4 Å². The Hall–Kier alpha value is -1.88. The molecule has 5 heteroatoms. The SMILES string of the molecule is CCC(C)NC(=O)Cn1cccc2cc(C3CCNCC3)nc1-2. The number of hydrogen-bond donors (Lipinski definition) is 2. The number of hydrogen-bond acceptors (Lipinski definition) is 3. The summed E-state index contributed by atoms with van der Waals surface area (Å²) in [6.07, 6.45) is 5.16. The van der Waals surface area contributed by atoms with Crippen molar-refractivity contribution >= 4 is 5.91 Å². The monoisotopic (exact) mass is 314 g/mol. The molecule has 3 aliphatic heterocycles. The lowest BCUT2D eigenvalue weighted by Gasteiger charge is -2.20. The Morgan fingerprint density at radius 3 is 3.00 bits per heavy atom. The third kappa shape index (κ3) is 3.72. The molecule has 0 bridgehead atoms. The first-order valence-electron chi connectivity index (χ1n) is 8.63. The molecule has 1 unspecified atom stereocenters. The maximum absolute atomic E-state index is 12.2. The number of piperidine rings is 1. The van der Waals surface area contributed by atoms with E-state index in [9.17, 15) is 4.79 Å². The zero-order chi connectivity index (χ0) is 16.2. The topological polar surface area (TPSA) is 59.0 Å². The first-order valence-corrected chi connectivity index (χ1v) is 8.63. The molecule has 0 aromatic carbocycles. The molecule has 0 saturated carbocycles. The fourth-order valence-corrected chi connectivity index (χ4v) is 3.15. The van der Waals surface area contributed by atoms with Gasteiger partial charge in [-0.25, -0.2) is 4.98 Å². The van der Waals surface area contributed by atoms with Crippen LogP contribution in [0, 0.1) is 0 Å². The van der Waals surface area contributed by atoms with Gasteiger partial charge >= 0.3 is 0 Å². The lowest BCUT2D eigenvalue weighted by Crippen LogP contribution is -2.34. The van der Waals surface area contributed by atoms with E-state index in [0.29, 0.717) is 12.5 Å². The van der Waals surface area contributed by atoms with Gasteiger partial charge in [-0.2, -0.15) is 0 Å². The lowest BCUT2D eigenvalue weighted by atomic mass is 9.95. The average molecular weight is 314 g/mol. The van der Waals surface area contributed by atoms with Crippen molar-refractivity contribution in [2.75, 3.05) is 13.1 Å². The van der Waals surface area contributed by atoms with Crippen LogP contribution in [0.2, 0.25) is 0 Å². The smallest absolute Gasteiger partial charge is 0.240 e. The van der Waals surface area contributed by atoms with Crippen LogP contribution in [-0.2, 0) is 11.3 Å². The minimum atomic E-state index is 0.0447. The van der Waals surface area contributed by atoms with E-state index in [1.165, 1.54) is 5.69 Å². The summed E-state index contributed by atoms with van der Waals surface area (Å²) in [5.74, 6) is 1.50. The van der Waals surface area contributed by atoms with Crippen LogP contribution >= 0.6 is 0 Å². The van der Waals surface area contributed by atoms with Gasteiger partial charge in [0.15, 0.2) is 0 Å². The van der Waals surface area contributed by atoms with E-state index in [2.05, 4.69) is 29.7 Å². The molecule has 1 amide bonds. The molecule has 3 rings (SSSR count). The predicted molar refractivity (Wildman–Crippen MR) is 91.6 cm³/mol. The number of amides is 1. The molecule has 0 spiro atoms. The minimum Gasteiger partial charge on any atom is -0.352 e. The fraction of sp³-hybridized carbons (Fsp3) is 0.556. The number of fused-ring (bicyclic) bond motifs is 1. The van der Waals surface area contributed by atoms with E-state index in [4.69, 9.17) is 4.98 Å². The third-order valence-electron chi connectivity index (χ3n) is 4.70. The van der Waals surface area contributed by atoms with Gasteiger partial charge in [0.05, 0.1) is 0 Å². The molecule has 1 fully saturated rings. The summed E-state index contributed by atoms with van der Waals surface area (Å²) in [7, 11) is 0. The van der Waals surface area contributed by atoms with Gasteiger partial charge in [-0.3, -0.25) is 4.79 Å². The number of pyridine rings is 1. The molecule has 0 aliphatic carbocycles. The highest BCUT2D eigenvalue weighted by Gasteiger charge is 2.21. The molecule has 0 aromatic rings. The molecular weight excluding hydrogens is 288 g/mol. The second-order valence-corrected chi connectivity index (χ2v) is 6.50. The second-order valence-electron chi connectivity index (χ2n) is 6.50. The largest absolute Gasteiger partial charge is 0.352 e. The van der Waals surface area contributed by atoms with Gasteiger partial charge in [0.1, 0.15) is 12.4 Å². The Morgan fingerprint density at radius 2 is 2.26 bits per heavy atom. The highest BCUT2D eigenvalue weighted by molar-refractivity contribution is 5.77. The number of nitrogens with one attached hydrogen (secondary N) is 2. The highest BCUT2D eigenvalue weighted by Crippen LogP contribution is 2.30. The van der Waals surface area contributed by atoms with E-state index in [1.807, 2.05) is 23.8 Å². The number of carbonyl (C=O) groups is 1. The van der Waals surface area contributed by atoms with Crippen LogP contribution in [0.25, 0.3) is 11.4 Å². The Labute approximate surface area is 137 Å². The maximum atomic E-state index is 12.2. The van der Waals surface area contributed by atoms with Crippen LogP contribution in [0.5, 0.6) is 0 Å². The van der Waals surface area contributed by atoms with Crippen molar-refractivity contribution in [1.29, 1.82) is 0 Å². The Balaban J connectivity index is 1.78. The van der Waals surface area contributed by atoms with E-state index in [1.54, 1.807) is 0 Å². The van der Waals surface area contributed by atoms with Crippen molar-refractivity contribution in [1.82, 2.24) is 20.2 Å². The van der Waals surface area contributed by atoms with Gasteiger partial charge in [-0.1, -0.05) is 6.92 Å². The molecule has 1 saturated heterocycles. The van der Waals surface area contributed by atoms with Crippen LogP contribution in [0.4, 0.5) is 0 Å². The van der Waals surface area contributed by atoms with Crippen LogP contribution in [0.3, 0.4) is 0 Å². The van der Waals surface area contributed by atoms with Gasteiger partial charge in [-0.15, -0.1) is 0 Å². The lowest BCUT2D eigenvalue weighted by molar-refractivity contribution is -0.122. The zero-order valence-corrected chi connectivity index (χ0v) is 14.0. The van der Waals surface area contributed by atoms with Crippen LogP contribution in [0.1, 0.15) is 44.7 Å². The Bertz CT molecular complexity index is 630. The zero-order valence-electron chi connectivity index (χ0n) is 14.0. The average Bonchev–Trinajstić information content (AvgIpc) is 3.01. The van der Waals surface area contributed by atoms with Crippen LogP contribution in [0.15, 0.2) is 24.4 Å². The molecular formula is C18H26N4O. The van der Waals surface area contributed by atoms with Crippen molar-refractivity contribution in [3.05, 3.63) is 30.1 Å². The number of carbonyl (C=O) groups excluding carboxylic acids is 1. The first kappa shape index (κ1) is 16.0. The summed E-state index contributed by atoms with van der Waals surface area (Å²) >= 11 is 0. The van der Waals surface area contributed by atoms with Crippen molar-refractivity contribution < 1.29 is 4.79 Å². The molecule has 3 heterocycles. The summed E-state index contributed by atoms with van der Waals surface area (Å²) in [5.41, 5.74) is 2.29. The van der Waals surface area contributed by atoms with Gasteiger partial charge in [0.2, 0.25) is 5.91 Å². The van der Waals surface area contributed by atoms with Crippen LogP contribution in [-0.4, -0.2) is 34.6 Å². The van der Waals surface area contributed by atoms with E-state index >= 15 is 0 Å². The number of rotatable bonds is 5. The summed E-state index contributed by atoms with van der Waals surface area (Å²) in [6.45, 7) is 6.54. The van der Waals surface area contributed by atoms with Crippen molar-refractivity contribution in [3.8, 4) is 11.4 Å². The van der Waals surface area contributed by atoms with E-state index in [-0.39, 0.29) is 11.9 Å². The Kier molecular flexibility index (Phi) is 4.96. The summed E-state index contributed by atoms with van der Waals surface area (Å²) in [6, 6.07) is 6.47. The van der Waals surface area contributed by atoms with E-state index in [0.717, 1.165) is 43.7 Å². The molecule has 3 aliphatic rings. The quantitative estimate of drug-likeness (QED) is 0.891. The van der Waals surface area contributed by atoms with Gasteiger partial charge < -0.3 is 15.2 Å². The second kappa shape index (κ2) is 7.13. The van der Waals surface area contributed by atoms with Gasteiger partial charge in [0.25, 0.3) is 0 Å². The molecule has 2 N–H and O–H groups in total. The minimum absolute atomic E-state index is 0.0447. The molecule has 124 valence electrons. The number of nitrogens with zero attached hydrogens (tertiary/aromatic N) is 2. The highest BCUT2D eigenvalue weighted by atomic mass is 16.2. The van der Waals surface area contributed by atoms with Crippen molar-refractivity contribution in [3.63, 3.8) is 0 Å². The van der Waals surface area contributed by atoms with Crippen molar-refractivity contribution in [2.24, 2.45) is 0 Å². The first-order chi connectivity index (χ1) is 11.2. The van der Waals surface area contributed by atoms with Crippen molar-refractivity contribution in [2.45, 2.75) is 51.6 Å². The predicted octanol–water partition coefficient (Wildman–Crippen LogP) is 2.37. The molecule has 5 nitrogen and oxygen atoms in total.